The zero-order valence-electron chi connectivity index (χ0n) is 9.13. The van der Waals surface area contributed by atoms with Crippen molar-refractivity contribution in [1.82, 2.24) is 15.2 Å². The number of rotatable bonds is 1. The Morgan fingerprint density at radius 2 is 2.00 bits per heavy atom. The number of nitrogens with one attached hydrogen (secondary N) is 2. The average Bonchev–Trinajstić information content (AvgIpc) is 2.92. The lowest BCUT2D eigenvalue weighted by atomic mass is 10.4. The van der Waals surface area contributed by atoms with E-state index in [0.29, 0.717) is 5.82 Å². The number of nitrogens with two attached hydrogens (primary N) is 1. The molecule has 0 aliphatic carbocycles. The van der Waals surface area contributed by atoms with Crippen molar-refractivity contribution in [2.45, 2.75) is 0 Å². The zero-order valence-corrected chi connectivity index (χ0v) is 11.5. The summed E-state index contributed by atoms with van der Waals surface area (Å²) < 4.78 is 0. The quantitative estimate of drug-likeness (QED) is 0.477. The molecule has 8 heteroatoms. The SMILES string of the molecule is Cl.Cl.Clc1cc2ccc1[nH]2.NNc1cccnn1. The maximum absolute atomic E-state index is 5.70. The van der Waals surface area contributed by atoms with Crippen LogP contribution in [0.2, 0.25) is 5.02 Å². The van der Waals surface area contributed by atoms with Gasteiger partial charge in [0, 0.05) is 11.7 Å². The van der Waals surface area contributed by atoms with E-state index in [9.17, 15) is 0 Å². The van der Waals surface area contributed by atoms with E-state index in [1.165, 1.54) is 0 Å². The van der Waals surface area contributed by atoms with Gasteiger partial charge in [-0.05, 0) is 30.3 Å². The number of halogens is 3. The van der Waals surface area contributed by atoms with Gasteiger partial charge in [-0.15, -0.1) is 29.9 Å². The smallest absolute Gasteiger partial charge is 0.162 e. The van der Waals surface area contributed by atoms with E-state index >= 15 is 0 Å². The van der Waals surface area contributed by atoms with E-state index in [1.54, 1.807) is 18.3 Å². The first kappa shape index (κ1) is 16.7. The highest BCUT2D eigenvalue weighted by Crippen LogP contribution is 2.21. The highest BCUT2D eigenvalue weighted by molar-refractivity contribution is 6.34. The molecule has 5 nitrogen and oxygen atoms in total. The van der Waals surface area contributed by atoms with Crippen LogP contribution >= 0.6 is 36.4 Å². The van der Waals surface area contributed by atoms with E-state index in [4.69, 9.17) is 17.4 Å². The van der Waals surface area contributed by atoms with Gasteiger partial charge in [0.05, 0.1) is 10.5 Å². The summed E-state index contributed by atoms with van der Waals surface area (Å²) in [7, 11) is 0. The number of H-pyrrole nitrogens is 1. The van der Waals surface area contributed by atoms with Gasteiger partial charge in [-0.1, -0.05) is 11.6 Å². The predicted molar refractivity (Wildman–Crippen MR) is 78.8 cm³/mol. The molecule has 0 aliphatic heterocycles. The molecule has 3 rings (SSSR count). The van der Waals surface area contributed by atoms with Crippen LogP contribution in [0.15, 0.2) is 36.5 Å². The number of hydrazine groups is 1. The largest absolute Gasteiger partial charge is 0.354 e. The summed E-state index contributed by atoms with van der Waals surface area (Å²) in [6.45, 7) is 0. The van der Waals surface area contributed by atoms with Crippen molar-refractivity contribution >= 4 is 53.3 Å². The average molecular weight is 309 g/mol. The molecule has 0 spiro atoms. The molecule has 0 atom stereocenters. The number of hydrogen-bond acceptors (Lipinski definition) is 4. The molecule has 18 heavy (non-hydrogen) atoms. The number of fused-ring (bicyclic) bond motifs is 2. The molecule has 0 radical (unpaired) electrons. The number of benzene rings is 1. The first-order valence-electron chi connectivity index (χ1n) is 4.60. The normalized spacial score (nSPS) is 8.78. The monoisotopic (exact) mass is 307 g/mol. The van der Waals surface area contributed by atoms with Gasteiger partial charge in [-0.25, -0.2) is 5.84 Å². The molecule has 0 saturated heterocycles. The first-order chi connectivity index (χ1) is 7.79. The lowest BCUT2D eigenvalue weighted by molar-refractivity contribution is 1.02. The summed E-state index contributed by atoms with van der Waals surface area (Å²) in [6, 6.07) is 9.37. The third kappa shape index (κ3) is 4.19. The molecular formula is C10H12Cl3N5. The minimum Gasteiger partial charge on any atom is -0.354 e. The Balaban J connectivity index is 0.000000289. The fourth-order valence-corrected chi connectivity index (χ4v) is 1.46. The maximum Gasteiger partial charge on any atom is 0.162 e. The Morgan fingerprint density at radius 1 is 1.22 bits per heavy atom. The van der Waals surface area contributed by atoms with Gasteiger partial charge in [0.1, 0.15) is 0 Å². The van der Waals surface area contributed by atoms with E-state index in [2.05, 4.69) is 20.6 Å². The molecule has 3 aromatic rings. The van der Waals surface area contributed by atoms with Crippen LogP contribution in [0.25, 0.3) is 11.0 Å². The Kier molecular flexibility index (Phi) is 7.38. The van der Waals surface area contributed by atoms with Crippen LogP contribution in [0.5, 0.6) is 0 Å². The maximum atomic E-state index is 5.70. The van der Waals surface area contributed by atoms with Gasteiger partial charge in [0.15, 0.2) is 5.82 Å². The summed E-state index contributed by atoms with van der Waals surface area (Å²) >= 11 is 5.70. The van der Waals surface area contributed by atoms with E-state index < -0.39 is 0 Å². The molecule has 0 saturated carbocycles. The second-order valence-corrected chi connectivity index (χ2v) is 3.48. The fourth-order valence-electron chi connectivity index (χ4n) is 1.23. The fraction of sp³-hybridized carbons (Fsp3) is 0. The molecule has 2 bridgehead atoms. The number of hydrogen-bond donors (Lipinski definition) is 3. The van der Waals surface area contributed by atoms with Crippen LogP contribution in [-0.4, -0.2) is 15.2 Å². The topological polar surface area (TPSA) is 79.6 Å². The van der Waals surface area contributed by atoms with Crippen molar-refractivity contribution in [2.75, 3.05) is 5.43 Å². The lowest BCUT2D eigenvalue weighted by Crippen LogP contribution is -2.08. The summed E-state index contributed by atoms with van der Waals surface area (Å²) in [4.78, 5) is 3.08. The van der Waals surface area contributed by atoms with E-state index in [1.807, 2.05) is 18.2 Å². The Hall–Kier alpha value is -1.27. The minimum atomic E-state index is 0. The molecule has 3 heterocycles. The van der Waals surface area contributed by atoms with Gasteiger partial charge < -0.3 is 10.4 Å². The molecule has 3 aromatic heterocycles. The highest BCUT2D eigenvalue weighted by Gasteiger charge is 1.97. The van der Waals surface area contributed by atoms with Gasteiger partial charge in [-0.2, -0.15) is 5.10 Å². The standard InChI is InChI=1S/C6H4ClN.C4H6N4.2ClH/c7-5-3-4-1-2-6(5)8-4;5-7-4-2-1-3-6-8-4;;/h1-3,8H;1-3H,5H2,(H,7,8);2*1H. The van der Waals surface area contributed by atoms with E-state index in [-0.39, 0.29) is 24.8 Å². The molecule has 0 fully saturated rings. The molecular weight excluding hydrogens is 297 g/mol. The zero-order chi connectivity index (χ0) is 11.4. The molecule has 0 aliphatic rings. The number of nitrogens with zero attached hydrogens (tertiary/aromatic N) is 2. The predicted octanol–water partition coefficient (Wildman–Crippen LogP) is 2.86. The van der Waals surface area contributed by atoms with Crippen molar-refractivity contribution in [3.63, 3.8) is 0 Å². The summed E-state index contributed by atoms with van der Waals surface area (Å²) in [5, 5.41) is 8.00. The summed E-state index contributed by atoms with van der Waals surface area (Å²) in [5.41, 5.74) is 4.48. The molecule has 0 aromatic carbocycles. The van der Waals surface area contributed by atoms with Gasteiger partial charge in [-0.3, -0.25) is 0 Å². The van der Waals surface area contributed by atoms with Crippen molar-refractivity contribution in [3.8, 4) is 0 Å². The molecule has 4 N–H and O–H groups in total. The van der Waals surface area contributed by atoms with Crippen molar-refractivity contribution in [3.05, 3.63) is 41.6 Å². The van der Waals surface area contributed by atoms with Crippen LogP contribution < -0.4 is 11.3 Å². The van der Waals surface area contributed by atoms with Gasteiger partial charge >= 0.3 is 0 Å². The second kappa shape index (κ2) is 7.94. The van der Waals surface area contributed by atoms with Crippen LogP contribution in [0.3, 0.4) is 0 Å². The third-order valence-corrected chi connectivity index (χ3v) is 2.28. The van der Waals surface area contributed by atoms with Crippen LogP contribution in [-0.2, 0) is 0 Å². The Labute approximate surface area is 121 Å². The molecule has 98 valence electrons. The van der Waals surface area contributed by atoms with Crippen LogP contribution in [0.4, 0.5) is 5.82 Å². The number of aromatic nitrogens is 3. The highest BCUT2D eigenvalue weighted by atomic mass is 35.5. The van der Waals surface area contributed by atoms with Crippen LogP contribution in [0.1, 0.15) is 0 Å². The van der Waals surface area contributed by atoms with E-state index in [0.717, 1.165) is 16.1 Å². The minimum absolute atomic E-state index is 0. The van der Waals surface area contributed by atoms with Gasteiger partial charge in [0.2, 0.25) is 0 Å². The van der Waals surface area contributed by atoms with Crippen molar-refractivity contribution < 1.29 is 0 Å². The number of aromatic amines is 1. The third-order valence-electron chi connectivity index (χ3n) is 1.97. The molecule has 0 unspecified atom stereocenters. The van der Waals surface area contributed by atoms with Crippen LogP contribution in [0, 0.1) is 0 Å². The number of nitrogen functional groups attached to an aromatic ring is 1. The lowest BCUT2D eigenvalue weighted by Gasteiger charge is -1.91. The summed E-state index contributed by atoms with van der Waals surface area (Å²) in [5.74, 6) is 5.57. The first-order valence-corrected chi connectivity index (χ1v) is 4.98. The number of anilines is 1. The Bertz CT molecular complexity index is 542. The summed E-state index contributed by atoms with van der Waals surface area (Å²) in [6.07, 6.45) is 1.58. The van der Waals surface area contributed by atoms with Crippen molar-refractivity contribution in [1.29, 1.82) is 0 Å². The van der Waals surface area contributed by atoms with Crippen molar-refractivity contribution in [2.24, 2.45) is 5.84 Å². The molecule has 0 amide bonds. The Morgan fingerprint density at radius 3 is 2.28 bits per heavy atom. The van der Waals surface area contributed by atoms with Gasteiger partial charge in [0.25, 0.3) is 0 Å². The second-order valence-electron chi connectivity index (χ2n) is 3.07.